The van der Waals surface area contributed by atoms with E-state index in [-0.39, 0.29) is 12.3 Å². The zero-order valence-corrected chi connectivity index (χ0v) is 26.2. The van der Waals surface area contributed by atoms with Crippen molar-refractivity contribution in [2.75, 3.05) is 11.9 Å². The van der Waals surface area contributed by atoms with Crippen LogP contribution in [0.2, 0.25) is 0 Å². The Bertz CT molecular complexity index is 2620. The molecule has 0 spiro atoms. The van der Waals surface area contributed by atoms with Gasteiger partial charge in [0.1, 0.15) is 11.2 Å². The van der Waals surface area contributed by atoms with Gasteiger partial charge in [0, 0.05) is 38.4 Å². The summed E-state index contributed by atoms with van der Waals surface area (Å²) in [4.78, 5) is 2.69. The Morgan fingerprint density at radius 2 is 1.39 bits per heavy atom. The first-order chi connectivity index (χ1) is 22.8. The van der Waals surface area contributed by atoms with Crippen molar-refractivity contribution in [2.45, 2.75) is 25.7 Å². The fourth-order valence-corrected chi connectivity index (χ4v) is 9.14. The number of nitrogens with one attached hydrogen (secondary N) is 1. The van der Waals surface area contributed by atoms with E-state index in [1.54, 1.807) is 0 Å². The molecule has 9 aromatic rings. The van der Waals surface area contributed by atoms with Crippen LogP contribution in [-0.2, 0) is 0 Å². The third kappa shape index (κ3) is 3.64. The summed E-state index contributed by atoms with van der Waals surface area (Å²) in [6.45, 7) is 3.21. The number of nitrogens with zero attached hydrogens (tertiary/aromatic N) is 2. The molecule has 2 unspecified atom stereocenters. The van der Waals surface area contributed by atoms with Crippen molar-refractivity contribution in [3.63, 3.8) is 0 Å². The van der Waals surface area contributed by atoms with E-state index in [1.807, 2.05) is 11.3 Å². The van der Waals surface area contributed by atoms with Crippen molar-refractivity contribution < 1.29 is 4.42 Å². The first-order valence-electron chi connectivity index (χ1n) is 16.1. The topological polar surface area (TPSA) is 33.3 Å². The maximum Gasteiger partial charge on any atom is 0.163 e. The second-order valence-electron chi connectivity index (χ2n) is 12.4. The summed E-state index contributed by atoms with van der Waals surface area (Å²) in [5.74, 6) is 0. The van der Waals surface area contributed by atoms with Gasteiger partial charge in [-0.05, 0) is 64.5 Å². The fourth-order valence-electron chi connectivity index (χ4n) is 7.99. The molecule has 222 valence electrons. The van der Waals surface area contributed by atoms with E-state index in [0.29, 0.717) is 0 Å². The third-order valence-electron chi connectivity index (χ3n) is 9.85. The summed E-state index contributed by atoms with van der Waals surface area (Å²) in [7, 11) is 0. The van der Waals surface area contributed by atoms with Crippen molar-refractivity contribution in [3.05, 3.63) is 139 Å². The second-order valence-corrected chi connectivity index (χ2v) is 13.5. The van der Waals surface area contributed by atoms with Gasteiger partial charge in [-0.3, -0.25) is 4.90 Å². The van der Waals surface area contributed by atoms with Gasteiger partial charge in [-0.25, -0.2) is 0 Å². The lowest BCUT2D eigenvalue weighted by Gasteiger charge is -2.44. The Morgan fingerprint density at radius 1 is 0.674 bits per heavy atom. The summed E-state index contributed by atoms with van der Waals surface area (Å²) in [6, 6.07) is 46.4. The van der Waals surface area contributed by atoms with Gasteiger partial charge in [0.15, 0.2) is 6.29 Å². The largest absolute Gasteiger partial charge is 0.456 e. The average molecular weight is 614 g/mol. The molecule has 2 atom stereocenters. The molecule has 0 radical (unpaired) electrons. The molecule has 4 nitrogen and oxygen atoms in total. The zero-order chi connectivity index (χ0) is 30.4. The Kier molecular flexibility index (Phi) is 5.66. The molecule has 0 fully saturated rings. The van der Waals surface area contributed by atoms with Crippen molar-refractivity contribution in [3.8, 4) is 0 Å². The van der Waals surface area contributed by atoms with Gasteiger partial charge >= 0.3 is 0 Å². The highest BCUT2D eigenvalue weighted by Crippen LogP contribution is 2.53. The highest BCUT2D eigenvalue weighted by Gasteiger charge is 2.40. The number of para-hydroxylation sites is 2. The molecule has 0 bridgehead atoms. The molecule has 3 aromatic heterocycles. The van der Waals surface area contributed by atoms with Crippen LogP contribution in [0.4, 0.5) is 5.00 Å². The predicted molar refractivity (Wildman–Crippen MR) is 194 cm³/mol. The monoisotopic (exact) mass is 613 g/mol. The number of fused-ring (bicyclic) bond motifs is 10. The first kappa shape index (κ1) is 26.1. The van der Waals surface area contributed by atoms with E-state index in [2.05, 4.69) is 149 Å². The summed E-state index contributed by atoms with van der Waals surface area (Å²) in [6.07, 6.45) is 0.913. The van der Waals surface area contributed by atoms with Crippen molar-refractivity contribution in [1.82, 2.24) is 9.47 Å². The lowest BCUT2D eigenvalue weighted by Crippen LogP contribution is -2.44. The van der Waals surface area contributed by atoms with E-state index in [4.69, 9.17) is 4.42 Å². The Hall–Kier alpha value is -5.10. The minimum absolute atomic E-state index is 0.0127. The van der Waals surface area contributed by atoms with E-state index >= 15 is 0 Å². The normalized spacial score (nSPS) is 17.1. The summed E-state index contributed by atoms with van der Waals surface area (Å²) in [5.41, 5.74) is 7.00. The summed E-state index contributed by atoms with van der Waals surface area (Å²) >= 11 is 1.87. The van der Waals surface area contributed by atoms with Crippen LogP contribution in [0.3, 0.4) is 0 Å². The SMILES string of the molecule is CCCN1C(c2cccc3oc4ccccc4c23)c2c(sc3ccccc23)NC1n1c2ccccc2c2cc3ccccc3cc21. The molecule has 4 heterocycles. The van der Waals surface area contributed by atoms with Gasteiger partial charge in [-0.1, -0.05) is 97.9 Å². The van der Waals surface area contributed by atoms with E-state index in [1.165, 1.54) is 69.6 Å². The first-order valence-corrected chi connectivity index (χ1v) is 17.0. The van der Waals surface area contributed by atoms with Crippen LogP contribution < -0.4 is 5.32 Å². The molecule has 6 aromatic carbocycles. The zero-order valence-electron chi connectivity index (χ0n) is 25.4. The van der Waals surface area contributed by atoms with E-state index in [9.17, 15) is 0 Å². The molecule has 1 aliphatic rings. The molecule has 0 saturated carbocycles. The number of aromatic nitrogens is 1. The van der Waals surface area contributed by atoms with Gasteiger partial charge in [0.2, 0.25) is 0 Å². The number of hydrogen-bond donors (Lipinski definition) is 1. The van der Waals surface area contributed by atoms with Crippen molar-refractivity contribution in [2.24, 2.45) is 0 Å². The summed E-state index contributed by atoms with van der Waals surface area (Å²) < 4.78 is 10.3. The average Bonchev–Trinajstić information content (AvgIpc) is 3.76. The predicted octanol–water partition coefficient (Wildman–Crippen LogP) is 11.4. The van der Waals surface area contributed by atoms with Gasteiger partial charge in [0.25, 0.3) is 0 Å². The van der Waals surface area contributed by atoms with Gasteiger partial charge in [-0.2, -0.15) is 0 Å². The molecule has 10 rings (SSSR count). The fraction of sp³-hybridized carbons (Fsp3) is 0.122. The quantitative estimate of drug-likeness (QED) is 0.214. The van der Waals surface area contributed by atoms with Gasteiger partial charge < -0.3 is 14.3 Å². The Balaban J connectivity index is 1.31. The van der Waals surface area contributed by atoms with Gasteiger partial charge in [-0.15, -0.1) is 11.3 Å². The van der Waals surface area contributed by atoms with Crippen LogP contribution in [0.15, 0.2) is 132 Å². The number of rotatable bonds is 4. The number of anilines is 1. The molecule has 1 aliphatic heterocycles. The van der Waals surface area contributed by atoms with Gasteiger partial charge in [0.05, 0.1) is 22.1 Å². The molecule has 1 N–H and O–H groups in total. The third-order valence-corrected chi connectivity index (χ3v) is 11.0. The molecule has 0 amide bonds. The van der Waals surface area contributed by atoms with Crippen molar-refractivity contribution >= 4 is 80.9 Å². The second kappa shape index (κ2) is 9.95. The van der Waals surface area contributed by atoms with Crippen LogP contribution in [0.25, 0.3) is 64.6 Å². The number of hydrogen-bond acceptors (Lipinski definition) is 4. The minimum Gasteiger partial charge on any atom is -0.456 e. The number of thiophene rings is 1. The molecule has 0 aliphatic carbocycles. The van der Waals surface area contributed by atoms with E-state index < -0.39 is 0 Å². The van der Waals surface area contributed by atoms with Crippen molar-refractivity contribution in [1.29, 1.82) is 0 Å². The highest BCUT2D eigenvalue weighted by molar-refractivity contribution is 7.23. The van der Waals surface area contributed by atoms with Crippen LogP contribution in [0.1, 0.15) is 36.8 Å². The van der Waals surface area contributed by atoms with Crippen LogP contribution in [0, 0.1) is 0 Å². The maximum atomic E-state index is 6.45. The molecular weight excluding hydrogens is 583 g/mol. The Labute approximate surface area is 270 Å². The standard InChI is InChI=1S/C41H31N3OS/c1-2-22-43-39(30-17-11-20-35-37(30)28-15-6-9-19-34(28)45-35)38-29-16-7-10-21-36(29)46-40(38)42-41(43)44-32-18-8-5-14-27(32)31-23-25-12-3-4-13-26(25)24-33(31)44/h3-21,23-24,39,41-42H,2,22H2,1H3. The molecule has 5 heteroatoms. The lowest BCUT2D eigenvalue weighted by atomic mass is 9.90. The smallest absolute Gasteiger partial charge is 0.163 e. The lowest BCUT2D eigenvalue weighted by molar-refractivity contribution is 0.124. The van der Waals surface area contributed by atoms with E-state index in [0.717, 1.165) is 24.1 Å². The molecule has 0 saturated heterocycles. The molecular formula is C41H31N3OS. The van der Waals surface area contributed by atoms with Crippen LogP contribution >= 0.6 is 11.3 Å². The summed E-state index contributed by atoms with van der Waals surface area (Å²) in [5, 5.41) is 14.1. The molecule has 46 heavy (non-hydrogen) atoms. The maximum absolute atomic E-state index is 6.45. The van der Waals surface area contributed by atoms with Crippen LogP contribution in [0.5, 0.6) is 0 Å². The minimum atomic E-state index is -0.109. The highest BCUT2D eigenvalue weighted by atomic mass is 32.1. The number of furan rings is 1. The van der Waals surface area contributed by atoms with Crippen LogP contribution in [-0.4, -0.2) is 16.0 Å². The number of benzene rings is 6. The Morgan fingerprint density at radius 3 is 2.26 bits per heavy atom.